The number of hydrogen-bond acceptors (Lipinski definition) is 5. The fourth-order valence-corrected chi connectivity index (χ4v) is 1.15. The Morgan fingerprint density at radius 1 is 1.53 bits per heavy atom. The lowest BCUT2D eigenvalue weighted by molar-refractivity contribution is -0.388. The molecule has 1 N–H and O–H groups in total. The van der Waals surface area contributed by atoms with E-state index in [1.165, 1.54) is 0 Å². The molecule has 0 saturated heterocycles. The molecule has 104 valence electrons. The van der Waals surface area contributed by atoms with E-state index >= 15 is 0 Å². The maximum Gasteiger partial charge on any atom is 0.573 e. The average Bonchev–Trinajstić information content (AvgIpc) is 2.19. The summed E-state index contributed by atoms with van der Waals surface area (Å²) in [4.78, 5) is 22.6. The molecule has 0 spiro atoms. The van der Waals surface area contributed by atoms with Crippen molar-refractivity contribution in [1.29, 1.82) is 0 Å². The summed E-state index contributed by atoms with van der Waals surface area (Å²) < 4.78 is 52.3. The van der Waals surface area contributed by atoms with E-state index in [9.17, 15) is 32.5 Å². The predicted molar refractivity (Wildman–Crippen MR) is 48.9 cm³/mol. The SMILES string of the molecule is O=C(O)Cc1ncc(OC(F)(F)F)c(F)c1[N+](=O)[O-]. The van der Waals surface area contributed by atoms with Crippen LogP contribution in [0.2, 0.25) is 0 Å². The normalized spacial score (nSPS) is 11.2. The van der Waals surface area contributed by atoms with Gasteiger partial charge < -0.3 is 9.84 Å². The molecule has 1 aromatic rings. The van der Waals surface area contributed by atoms with Crippen LogP contribution in [0.25, 0.3) is 0 Å². The van der Waals surface area contributed by atoms with Gasteiger partial charge in [0, 0.05) is 0 Å². The van der Waals surface area contributed by atoms with Crippen molar-refractivity contribution in [2.75, 3.05) is 0 Å². The van der Waals surface area contributed by atoms with E-state index in [0.29, 0.717) is 0 Å². The second-order valence-electron chi connectivity index (χ2n) is 3.11. The molecule has 11 heteroatoms. The molecule has 0 unspecified atom stereocenters. The Morgan fingerprint density at radius 3 is 2.53 bits per heavy atom. The molecule has 0 aliphatic carbocycles. The van der Waals surface area contributed by atoms with Gasteiger partial charge >= 0.3 is 18.0 Å². The molecule has 0 atom stereocenters. The Hall–Kier alpha value is -2.46. The summed E-state index contributed by atoms with van der Waals surface area (Å²) in [5.41, 5.74) is -2.28. The maximum atomic E-state index is 13.5. The van der Waals surface area contributed by atoms with E-state index < -0.39 is 46.6 Å². The van der Waals surface area contributed by atoms with Crippen LogP contribution < -0.4 is 4.74 Å². The molecule has 0 radical (unpaired) electrons. The number of carboxylic acid groups (broad SMARTS) is 1. The molecule has 0 aromatic carbocycles. The molecule has 19 heavy (non-hydrogen) atoms. The highest BCUT2D eigenvalue weighted by Crippen LogP contribution is 2.32. The number of alkyl halides is 3. The van der Waals surface area contributed by atoms with Crippen LogP contribution >= 0.6 is 0 Å². The zero-order valence-electron chi connectivity index (χ0n) is 8.77. The Balaban J connectivity index is 3.31. The molecule has 1 heterocycles. The van der Waals surface area contributed by atoms with E-state index in [2.05, 4.69) is 9.72 Å². The van der Waals surface area contributed by atoms with Gasteiger partial charge in [-0.2, -0.15) is 4.39 Å². The van der Waals surface area contributed by atoms with Crippen molar-refractivity contribution in [2.24, 2.45) is 0 Å². The number of nitro groups is 1. The van der Waals surface area contributed by atoms with Gasteiger partial charge in [0.1, 0.15) is 5.69 Å². The second-order valence-corrected chi connectivity index (χ2v) is 3.11. The molecule has 0 amide bonds. The fraction of sp³-hybridized carbons (Fsp3) is 0.250. The standard InChI is InChI=1S/C8H4F4N2O5/c9-6-4(19-8(10,11)12)2-13-3(1-5(15)16)7(6)14(17)18/h2H,1H2,(H,15,16). The van der Waals surface area contributed by atoms with Crippen molar-refractivity contribution in [1.82, 2.24) is 4.98 Å². The van der Waals surface area contributed by atoms with E-state index in [0.717, 1.165) is 0 Å². The van der Waals surface area contributed by atoms with Crippen molar-refractivity contribution in [3.8, 4) is 5.75 Å². The van der Waals surface area contributed by atoms with Gasteiger partial charge in [-0.25, -0.2) is 4.98 Å². The van der Waals surface area contributed by atoms with E-state index in [1.807, 2.05) is 0 Å². The van der Waals surface area contributed by atoms with Crippen LogP contribution in [0, 0.1) is 15.9 Å². The molecule has 0 aliphatic rings. The number of halogens is 4. The first-order chi connectivity index (χ1) is 8.61. The van der Waals surface area contributed by atoms with Crippen LogP contribution in [0.15, 0.2) is 6.20 Å². The number of carboxylic acids is 1. The van der Waals surface area contributed by atoms with Crippen molar-refractivity contribution in [3.63, 3.8) is 0 Å². The van der Waals surface area contributed by atoms with Crippen LogP contribution in [0.5, 0.6) is 5.75 Å². The van der Waals surface area contributed by atoms with Crippen LogP contribution in [0.1, 0.15) is 5.69 Å². The second kappa shape index (κ2) is 5.04. The summed E-state index contributed by atoms with van der Waals surface area (Å²) in [6, 6.07) is 0. The van der Waals surface area contributed by atoms with Gasteiger partial charge in [-0.1, -0.05) is 0 Å². The molecular formula is C8H4F4N2O5. The first kappa shape index (κ1) is 14.6. The number of nitrogens with zero attached hydrogens (tertiary/aromatic N) is 2. The topological polar surface area (TPSA) is 103 Å². The summed E-state index contributed by atoms with van der Waals surface area (Å²) >= 11 is 0. The number of ether oxygens (including phenoxy) is 1. The molecule has 7 nitrogen and oxygen atoms in total. The number of rotatable bonds is 4. The number of carbonyl (C=O) groups is 1. The minimum Gasteiger partial charge on any atom is -0.481 e. The van der Waals surface area contributed by atoms with Gasteiger partial charge in [-0.3, -0.25) is 14.9 Å². The quantitative estimate of drug-likeness (QED) is 0.512. The number of hydrogen-bond donors (Lipinski definition) is 1. The molecule has 0 fully saturated rings. The molecule has 1 aromatic heterocycles. The predicted octanol–water partition coefficient (Wildman–Crippen LogP) is 1.65. The average molecular weight is 284 g/mol. The maximum absolute atomic E-state index is 13.5. The van der Waals surface area contributed by atoms with Crippen LogP contribution in [-0.4, -0.2) is 27.3 Å². The number of aliphatic carboxylic acids is 1. The molecule has 1 rings (SSSR count). The van der Waals surface area contributed by atoms with Crippen molar-refractivity contribution in [3.05, 3.63) is 27.8 Å². The Kier molecular flexibility index (Phi) is 3.87. The van der Waals surface area contributed by atoms with Gasteiger partial charge in [0.25, 0.3) is 0 Å². The zero-order valence-corrected chi connectivity index (χ0v) is 8.77. The Bertz CT molecular complexity index is 531. The third-order valence-electron chi connectivity index (χ3n) is 1.76. The van der Waals surface area contributed by atoms with Crippen molar-refractivity contribution in [2.45, 2.75) is 12.8 Å². The van der Waals surface area contributed by atoms with Gasteiger partial charge in [0.05, 0.1) is 17.5 Å². The lowest BCUT2D eigenvalue weighted by atomic mass is 10.2. The van der Waals surface area contributed by atoms with Gasteiger partial charge in [-0.05, 0) is 0 Å². The van der Waals surface area contributed by atoms with Gasteiger partial charge in [0.15, 0.2) is 5.75 Å². The van der Waals surface area contributed by atoms with Crippen LogP contribution in [0.4, 0.5) is 23.2 Å². The van der Waals surface area contributed by atoms with Crippen LogP contribution in [0.3, 0.4) is 0 Å². The molecule has 0 aliphatic heterocycles. The highest BCUT2D eigenvalue weighted by molar-refractivity contribution is 5.71. The smallest absolute Gasteiger partial charge is 0.481 e. The first-order valence-corrected chi connectivity index (χ1v) is 4.41. The van der Waals surface area contributed by atoms with Crippen LogP contribution in [-0.2, 0) is 11.2 Å². The third-order valence-corrected chi connectivity index (χ3v) is 1.76. The largest absolute Gasteiger partial charge is 0.573 e. The molecule has 0 saturated carbocycles. The Labute approximate surface area is 101 Å². The number of aromatic nitrogens is 1. The fourth-order valence-electron chi connectivity index (χ4n) is 1.15. The lowest BCUT2D eigenvalue weighted by Gasteiger charge is -2.10. The van der Waals surface area contributed by atoms with Gasteiger partial charge in [0.2, 0.25) is 5.82 Å². The number of pyridine rings is 1. The monoisotopic (exact) mass is 284 g/mol. The minimum atomic E-state index is -5.26. The first-order valence-electron chi connectivity index (χ1n) is 4.41. The zero-order chi connectivity index (χ0) is 14.8. The van der Waals surface area contributed by atoms with E-state index in [-0.39, 0.29) is 6.20 Å². The van der Waals surface area contributed by atoms with Crippen molar-refractivity contribution >= 4 is 11.7 Å². The Morgan fingerprint density at radius 2 is 2.11 bits per heavy atom. The lowest BCUT2D eigenvalue weighted by Crippen LogP contribution is -2.19. The highest BCUT2D eigenvalue weighted by atomic mass is 19.4. The highest BCUT2D eigenvalue weighted by Gasteiger charge is 2.36. The van der Waals surface area contributed by atoms with E-state index in [1.54, 1.807) is 0 Å². The van der Waals surface area contributed by atoms with E-state index in [4.69, 9.17) is 5.11 Å². The summed E-state index contributed by atoms with van der Waals surface area (Å²) in [5.74, 6) is -5.00. The summed E-state index contributed by atoms with van der Waals surface area (Å²) in [6.07, 6.45) is -6.04. The third kappa shape index (κ3) is 3.76. The summed E-state index contributed by atoms with van der Waals surface area (Å²) in [6.45, 7) is 0. The molecular weight excluding hydrogens is 280 g/mol. The minimum absolute atomic E-state index is 0.230. The summed E-state index contributed by atoms with van der Waals surface area (Å²) in [7, 11) is 0. The van der Waals surface area contributed by atoms with Crippen molar-refractivity contribution < 1.29 is 37.1 Å². The van der Waals surface area contributed by atoms with Gasteiger partial charge in [-0.15, -0.1) is 13.2 Å². The molecule has 0 bridgehead atoms. The summed E-state index contributed by atoms with van der Waals surface area (Å²) in [5, 5.41) is 19.0.